The second kappa shape index (κ2) is 5.13. The Kier molecular flexibility index (Phi) is 3.12. The van der Waals surface area contributed by atoms with E-state index in [9.17, 15) is 0 Å². The molecule has 0 aliphatic carbocycles. The van der Waals surface area contributed by atoms with Gasteiger partial charge in [-0.05, 0) is 40.2 Å². The molecule has 1 fully saturated rings. The van der Waals surface area contributed by atoms with E-state index in [2.05, 4.69) is 31.5 Å². The number of hydrogen-bond acceptors (Lipinski definition) is 4. The summed E-state index contributed by atoms with van der Waals surface area (Å²) in [4.78, 5) is 9.13. The number of rotatable bonds is 3. The molecule has 0 atom stereocenters. The molecule has 4 heterocycles. The van der Waals surface area contributed by atoms with Crippen molar-refractivity contribution >= 4 is 27.4 Å². The second-order valence-corrected chi connectivity index (χ2v) is 6.04. The Bertz CT molecular complexity index is 794. The Morgan fingerprint density at radius 3 is 2.95 bits per heavy atom. The van der Waals surface area contributed by atoms with Crippen LogP contribution in [0, 0.1) is 0 Å². The van der Waals surface area contributed by atoms with Crippen LogP contribution in [0.25, 0.3) is 17.0 Å². The van der Waals surface area contributed by atoms with Gasteiger partial charge in [0.1, 0.15) is 11.5 Å². The zero-order valence-electron chi connectivity index (χ0n) is 11.3. The number of nitrogens with one attached hydrogen (secondary N) is 2. The van der Waals surface area contributed by atoms with Gasteiger partial charge in [0, 0.05) is 23.8 Å². The SMILES string of the molecule is Brc1ccc2ncc(-c3cccc(NC4CNC4)n3)n2c1. The molecule has 3 aromatic rings. The molecule has 5 nitrogen and oxygen atoms in total. The normalized spacial score (nSPS) is 15.1. The van der Waals surface area contributed by atoms with Crippen molar-refractivity contribution in [3.63, 3.8) is 0 Å². The summed E-state index contributed by atoms with van der Waals surface area (Å²) in [5.74, 6) is 0.906. The van der Waals surface area contributed by atoms with E-state index in [4.69, 9.17) is 4.98 Å². The fraction of sp³-hybridized carbons (Fsp3) is 0.200. The molecule has 1 saturated heterocycles. The number of nitrogens with zero attached hydrogens (tertiary/aromatic N) is 3. The molecule has 0 radical (unpaired) electrons. The van der Waals surface area contributed by atoms with Crippen LogP contribution in [0.1, 0.15) is 0 Å². The van der Waals surface area contributed by atoms with Gasteiger partial charge in [0.15, 0.2) is 0 Å². The number of halogens is 1. The van der Waals surface area contributed by atoms with E-state index in [1.54, 1.807) is 0 Å². The molecule has 0 bridgehead atoms. The first kappa shape index (κ1) is 12.8. The first-order chi connectivity index (χ1) is 10.3. The third-order valence-corrected chi connectivity index (χ3v) is 4.08. The minimum absolute atomic E-state index is 0.476. The number of hydrogen-bond donors (Lipinski definition) is 2. The molecule has 1 aliphatic heterocycles. The summed E-state index contributed by atoms with van der Waals surface area (Å²) < 4.78 is 3.06. The van der Waals surface area contributed by atoms with E-state index in [0.29, 0.717) is 6.04 Å². The number of pyridine rings is 2. The molecule has 0 spiro atoms. The highest BCUT2D eigenvalue weighted by Crippen LogP contribution is 2.22. The third-order valence-electron chi connectivity index (χ3n) is 3.61. The summed E-state index contributed by atoms with van der Waals surface area (Å²) in [6.45, 7) is 1.99. The fourth-order valence-corrected chi connectivity index (χ4v) is 2.74. The molecule has 6 heteroatoms. The maximum Gasteiger partial charge on any atom is 0.137 e. The average molecular weight is 344 g/mol. The summed E-state index contributed by atoms with van der Waals surface area (Å²) in [5.41, 5.74) is 2.82. The maximum absolute atomic E-state index is 4.70. The summed E-state index contributed by atoms with van der Waals surface area (Å²) in [6.07, 6.45) is 3.87. The lowest BCUT2D eigenvalue weighted by atomic mass is 10.2. The minimum Gasteiger partial charge on any atom is -0.365 e. The highest BCUT2D eigenvalue weighted by molar-refractivity contribution is 9.10. The van der Waals surface area contributed by atoms with Crippen molar-refractivity contribution in [1.29, 1.82) is 0 Å². The highest BCUT2D eigenvalue weighted by Gasteiger charge is 2.17. The van der Waals surface area contributed by atoms with Gasteiger partial charge >= 0.3 is 0 Å². The van der Waals surface area contributed by atoms with E-state index in [1.165, 1.54) is 0 Å². The number of fused-ring (bicyclic) bond motifs is 1. The zero-order valence-corrected chi connectivity index (χ0v) is 12.8. The van der Waals surface area contributed by atoms with Gasteiger partial charge in [-0.2, -0.15) is 0 Å². The average Bonchev–Trinajstić information content (AvgIpc) is 2.86. The van der Waals surface area contributed by atoms with Crippen molar-refractivity contribution < 1.29 is 0 Å². The summed E-state index contributed by atoms with van der Waals surface area (Å²) in [5, 5.41) is 6.67. The van der Waals surface area contributed by atoms with E-state index in [1.807, 2.05) is 47.1 Å². The molecule has 0 unspecified atom stereocenters. The Balaban J connectivity index is 1.73. The van der Waals surface area contributed by atoms with Crippen molar-refractivity contribution in [1.82, 2.24) is 19.7 Å². The van der Waals surface area contributed by atoms with Gasteiger partial charge in [-0.15, -0.1) is 0 Å². The molecule has 4 rings (SSSR count). The quantitative estimate of drug-likeness (QED) is 0.767. The Labute approximate surface area is 130 Å². The Morgan fingerprint density at radius 2 is 2.14 bits per heavy atom. The number of aromatic nitrogens is 3. The maximum atomic E-state index is 4.70. The molecular formula is C15H14BrN5. The third kappa shape index (κ3) is 2.41. The first-order valence-corrected chi connectivity index (χ1v) is 7.66. The van der Waals surface area contributed by atoms with E-state index in [-0.39, 0.29) is 0 Å². The Hall–Kier alpha value is -1.92. The lowest BCUT2D eigenvalue weighted by Gasteiger charge is -2.28. The number of imidazole rings is 1. The van der Waals surface area contributed by atoms with Crippen molar-refractivity contribution in [3.8, 4) is 11.4 Å². The van der Waals surface area contributed by atoms with Crippen LogP contribution >= 0.6 is 15.9 Å². The van der Waals surface area contributed by atoms with E-state index < -0.39 is 0 Å². The van der Waals surface area contributed by atoms with Crippen LogP contribution in [0.15, 0.2) is 47.2 Å². The standard InChI is InChI=1S/C15H14BrN5/c16-10-4-5-15-18-8-13(21(15)9-10)12-2-1-3-14(20-12)19-11-6-17-7-11/h1-5,8-9,11,17H,6-7H2,(H,19,20). The smallest absolute Gasteiger partial charge is 0.137 e. The summed E-state index contributed by atoms with van der Waals surface area (Å²) >= 11 is 3.50. The molecule has 0 aromatic carbocycles. The minimum atomic E-state index is 0.476. The van der Waals surface area contributed by atoms with Crippen LogP contribution < -0.4 is 10.6 Å². The van der Waals surface area contributed by atoms with Crippen LogP contribution in [0.3, 0.4) is 0 Å². The molecule has 106 valence electrons. The highest BCUT2D eigenvalue weighted by atomic mass is 79.9. The summed E-state index contributed by atoms with van der Waals surface area (Å²) in [6, 6.07) is 10.5. The number of anilines is 1. The topological polar surface area (TPSA) is 54.2 Å². The van der Waals surface area contributed by atoms with Crippen LogP contribution in [0.5, 0.6) is 0 Å². The van der Waals surface area contributed by atoms with Crippen molar-refractivity contribution in [2.45, 2.75) is 6.04 Å². The lowest BCUT2D eigenvalue weighted by Crippen LogP contribution is -2.51. The predicted molar refractivity (Wildman–Crippen MR) is 86.4 cm³/mol. The van der Waals surface area contributed by atoms with Gasteiger partial charge < -0.3 is 10.6 Å². The zero-order chi connectivity index (χ0) is 14.2. The van der Waals surface area contributed by atoms with E-state index in [0.717, 1.165) is 40.4 Å². The monoisotopic (exact) mass is 343 g/mol. The second-order valence-electron chi connectivity index (χ2n) is 5.13. The fourth-order valence-electron chi connectivity index (χ4n) is 2.40. The van der Waals surface area contributed by atoms with Crippen molar-refractivity contribution in [2.75, 3.05) is 18.4 Å². The van der Waals surface area contributed by atoms with Gasteiger partial charge in [0.2, 0.25) is 0 Å². The summed E-state index contributed by atoms with van der Waals surface area (Å²) in [7, 11) is 0. The van der Waals surface area contributed by atoms with Gasteiger partial charge in [-0.3, -0.25) is 4.40 Å². The van der Waals surface area contributed by atoms with Crippen LogP contribution in [0.2, 0.25) is 0 Å². The van der Waals surface area contributed by atoms with Gasteiger partial charge in [-0.25, -0.2) is 9.97 Å². The van der Waals surface area contributed by atoms with E-state index >= 15 is 0 Å². The molecule has 0 amide bonds. The molecule has 1 aliphatic rings. The lowest BCUT2D eigenvalue weighted by molar-refractivity contribution is 0.471. The first-order valence-electron chi connectivity index (χ1n) is 6.87. The molecule has 3 aromatic heterocycles. The van der Waals surface area contributed by atoms with Crippen LogP contribution in [-0.4, -0.2) is 33.5 Å². The molecule has 0 saturated carbocycles. The predicted octanol–water partition coefficient (Wildman–Crippen LogP) is 2.54. The molecule has 21 heavy (non-hydrogen) atoms. The Morgan fingerprint density at radius 1 is 1.24 bits per heavy atom. The van der Waals surface area contributed by atoms with Gasteiger partial charge in [-0.1, -0.05) is 6.07 Å². The largest absolute Gasteiger partial charge is 0.365 e. The van der Waals surface area contributed by atoms with Crippen molar-refractivity contribution in [3.05, 3.63) is 47.2 Å². The molecular weight excluding hydrogens is 330 g/mol. The van der Waals surface area contributed by atoms with Crippen molar-refractivity contribution in [2.24, 2.45) is 0 Å². The van der Waals surface area contributed by atoms with Crippen LogP contribution in [0.4, 0.5) is 5.82 Å². The van der Waals surface area contributed by atoms with Gasteiger partial charge in [0.25, 0.3) is 0 Å². The van der Waals surface area contributed by atoms with Crippen LogP contribution in [-0.2, 0) is 0 Å². The van der Waals surface area contributed by atoms with Gasteiger partial charge in [0.05, 0.1) is 23.6 Å². The molecule has 2 N–H and O–H groups in total.